The van der Waals surface area contributed by atoms with Crippen molar-refractivity contribution in [3.8, 4) is 0 Å². The maximum Gasteiger partial charge on any atom is 0.246 e. The van der Waals surface area contributed by atoms with Crippen molar-refractivity contribution in [3.63, 3.8) is 0 Å². The number of likely N-dealkylation sites (tertiary alicyclic amines) is 1. The van der Waals surface area contributed by atoms with Crippen LogP contribution in [0.25, 0.3) is 0 Å². The van der Waals surface area contributed by atoms with Crippen LogP contribution in [0.15, 0.2) is 0 Å². The molecule has 35 heavy (non-hydrogen) atoms. The smallest absolute Gasteiger partial charge is 0.246 e. The highest BCUT2D eigenvalue weighted by molar-refractivity contribution is 5.99. The molecule has 0 saturated carbocycles. The third-order valence-electron chi connectivity index (χ3n) is 8.21. The summed E-state index contributed by atoms with van der Waals surface area (Å²) in [4.78, 5) is 43.1. The molecule has 3 aliphatic heterocycles. The molecule has 3 saturated heterocycles. The van der Waals surface area contributed by atoms with Gasteiger partial charge in [0.2, 0.25) is 17.7 Å². The first-order chi connectivity index (χ1) is 16.2. The van der Waals surface area contributed by atoms with Gasteiger partial charge in [-0.3, -0.25) is 14.4 Å². The zero-order valence-electron chi connectivity index (χ0n) is 23.0. The number of carbonyl (C=O) groups is 3. The first kappa shape index (κ1) is 27.9. The lowest BCUT2D eigenvalue weighted by Crippen LogP contribution is -2.61. The van der Waals surface area contributed by atoms with Crippen LogP contribution in [-0.4, -0.2) is 69.7 Å². The van der Waals surface area contributed by atoms with Crippen LogP contribution < -0.4 is 10.6 Å². The zero-order valence-corrected chi connectivity index (χ0v) is 23.0. The van der Waals surface area contributed by atoms with Crippen LogP contribution >= 0.6 is 0 Å². The summed E-state index contributed by atoms with van der Waals surface area (Å²) in [5, 5.41) is 16.4. The van der Waals surface area contributed by atoms with Crippen molar-refractivity contribution in [2.75, 3.05) is 13.2 Å². The molecule has 8 nitrogen and oxygen atoms in total. The Morgan fingerprint density at radius 1 is 1.14 bits per heavy atom. The molecule has 0 aromatic heterocycles. The first-order valence-corrected chi connectivity index (χ1v) is 13.5. The van der Waals surface area contributed by atoms with E-state index >= 15 is 0 Å². The van der Waals surface area contributed by atoms with Crippen LogP contribution in [0.1, 0.15) is 93.9 Å². The highest BCUT2D eigenvalue weighted by atomic mass is 16.5. The predicted octanol–water partition coefficient (Wildman–Crippen LogP) is 2.77. The van der Waals surface area contributed by atoms with Gasteiger partial charge in [0.25, 0.3) is 0 Å². The van der Waals surface area contributed by atoms with E-state index in [2.05, 4.69) is 31.4 Å². The highest BCUT2D eigenvalue weighted by Crippen LogP contribution is 2.64. The minimum atomic E-state index is -1.06. The van der Waals surface area contributed by atoms with E-state index < -0.39 is 40.7 Å². The molecule has 2 bridgehead atoms. The van der Waals surface area contributed by atoms with Crippen molar-refractivity contribution in [2.45, 2.75) is 123 Å². The molecule has 0 aromatic rings. The second-order valence-corrected chi connectivity index (χ2v) is 12.7. The molecule has 200 valence electrons. The Bertz CT molecular complexity index is 833. The maximum atomic E-state index is 14.1. The fraction of sp³-hybridized carbons (Fsp3) is 0.889. The second kappa shape index (κ2) is 9.66. The summed E-state index contributed by atoms with van der Waals surface area (Å²) >= 11 is 0. The highest BCUT2D eigenvalue weighted by Gasteiger charge is 2.79. The molecule has 0 aromatic carbocycles. The largest absolute Gasteiger partial charge is 0.394 e. The number of aliphatic hydroxyl groups excluding tert-OH is 1. The predicted molar refractivity (Wildman–Crippen MR) is 134 cm³/mol. The monoisotopic (exact) mass is 493 g/mol. The quantitative estimate of drug-likeness (QED) is 0.434. The molecule has 3 amide bonds. The van der Waals surface area contributed by atoms with Crippen molar-refractivity contribution in [2.24, 2.45) is 17.3 Å². The van der Waals surface area contributed by atoms with E-state index in [1.54, 1.807) is 4.90 Å². The van der Waals surface area contributed by atoms with Crippen LogP contribution in [0.4, 0.5) is 0 Å². The first-order valence-electron chi connectivity index (χ1n) is 13.5. The number of nitrogens with one attached hydrogen (secondary N) is 2. The Balaban J connectivity index is 2.06. The van der Waals surface area contributed by atoms with E-state index in [9.17, 15) is 19.5 Å². The number of carbonyl (C=O) groups excluding carboxylic acids is 3. The molecule has 8 heteroatoms. The van der Waals surface area contributed by atoms with Gasteiger partial charge >= 0.3 is 0 Å². The molecule has 3 N–H and O–H groups in total. The number of ether oxygens (including phenoxy) is 1. The van der Waals surface area contributed by atoms with Crippen molar-refractivity contribution in [1.29, 1.82) is 0 Å². The van der Waals surface area contributed by atoms with Crippen molar-refractivity contribution >= 4 is 17.7 Å². The normalized spacial score (nSPS) is 33.1. The number of amides is 3. The van der Waals surface area contributed by atoms with Gasteiger partial charge < -0.3 is 25.4 Å². The van der Waals surface area contributed by atoms with Crippen LogP contribution in [0.2, 0.25) is 0 Å². The third-order valence-corrected chi connectivity index (χ3v) is 8.21. The van der Waals surface area contributed by atoms with Crippen molar-refractivity contribution in [1.82, 2.24) is 15.5 Å². The Morgan fingerprint density at radius 2 is 1.80 bits per heavy atom. The minimum Gasteiger partial charge on any atom is -0.394 e. The van der Waals surface area contributed by atoms with E-state index in [0.717, 1.165) is 12.8 Å². The van der Waals surface area contributed by atoms with Gasteiger partial charge in [0.15, 0.2) is 0 Å². The Kier molecular flexibility index (Phi) is 7.70. The Labute approximate surface area is 210 Å². The summed E-state index contributed by atoms with van der Waals surface area (Å²) in [5.41, 5.74) is -2.32. The van der Waals surface area contributed by atoms with Crippen LogP contribution in [-0.2, 0) is 19.1 Å². The average molecular weight is 494 g/mol. The summed E-state index contributed by atoms with van der Waals surface area (Å²) in [6.07, 6.45) is 3.84. The van der Waals surface area contributed by atoms with Gasteiger partial charge in [0, 0.05) is 12.1 Å². The third kappa shape index (κ3) is 4.73. The molecule has 0 radical (unpaired) electrons. The van der Waals surface area contributed by atoms with E-state index in [4.69, 9.17) is 4.74 Å². The van der Waals surface area contributed by atoms with Gasteiger partial charge in [-0.15, -0.1) is 0 Å². The minimum absolute atomic E-state index is 0.00310. The second-order valence-electron chi connectivity index (χ2n) is 12.7. The summed E-state index contributed by atoms with van der Waals surface area (Å²) < 4.78 is 6.76. The topological polar surface area (TPSA) is 108 Å². The van der Waals surface area contributed by atoms with E-state index in [-0.39, 0.29) is 29.7 Å². The summed E-state index contributed by atoms with van der Waals surface area (Å²) in [7, 11) is 0. The molecular weight excluding hydrogens is 446 g/mol. The van der Waals surface area contributed by atoms with Gasteiger partial charge in [-0.1, -0.05) is 41.5 Å². The van der Waals surface area contributed by atoms with E-state index in [0.29, 0.717) is 32.2 Å². The summed E-state index contributed by atoms with van der Waals surface area (Å²) in [6, 6.07) is -1.39. The number of hydrogen-bond donors (Lipinski definition) is 3. The Hall–Kier alpha value is -1.67. The molecule has 3 fully saturated rings. The number of aliphatic hydroxyl groups is 1. The van der Waals surface area contributed by atoms with Crippen LogP contribution in [0.3, 0.4) is 0 Å². The maximum absolute atomic E-state index is 14.1. The Morgan fingerprint density at radius 3 is 2.31 bits per heavy atom. The molecule has 3 rings (SSSR count). The van der Waals surface area contributed by atoms with E-state index in [1.807, 2.05) is 34.6 Å². The fourth-order valence-corrected chi connectivity index (χ4v) is 7.29. The lowest BCUT2D eigenvalue weighted by molar-refractivity contribution is -0.151. The van der Waals surface area contributed by atoms with Gasteiger partial charge in [0.05, 0.1) is 30.1 Å². The standard InChI is InChI=1S/C27H47N3O5/c1-9-14-28-21(32)18-19-23(34)30(17(10-2)15-31)20(27(19)13-12-26(18,11-3)35-27)22(33)29-25(7,8)16-24(4,5)6/h17-20,31H,9-16H2,1-8H3,(H,28,32)(H,29,33)/t17-,18-,19-,20?,26+,27?/m0/s1. The molecular formula is C27H47N3O5. The lowest BCUT2D eigenvalue weighted by atomic mass is 9.65. The molecule has 6 atom stereocenters. The number of rotatable bonds is 10. The number of nitrogens with zero attached hydrogens (tertiary/aromatic N) is 1. The average Bonchev–Trinajstić information content (AvgIpc) is 3.35. The SMILES string of the molecule is CCCNC(=O)[C@@H]1[C@H]2C(=O)N([C@@H](CC)CO)C(C(=O)NC(C)(C)CC(C)(C)C)C23CC[C@@]1(CC)O3. The van der Waals surface area contributed by atoms with Crippen LogP contribution in [0.5, 0.6) is 0 Å². The molecule has 3 aliphatic rings. The summed E-state index contributed by atoms with van der Waals surface area (Å²) in [5.74, 6) is -2.04. The van der Waals surface area contributed by atoms with Gasteiger partial charge in [-0.25, -0.2) is 0 Å². The molecule has 0 aliphatic carbocycles. The van der Waals surface area contributed by atoms with Gasteiger partial charge in [-0.2, -0.15) is 0 Å². The zero-order chi connectivity index (χ0) is 26.4. The van der Waals surface area contributed by atoms with Gasteiger partial charge in [0.1, 0.15) is 11.6 Å². The number of hydrogen-bond acceptors (Lipinski definition) is 5. The number of fused-ring (bicyclic) bond motifs is 1. The van der Waals surface area contributed by atoms with Crippen LogP contribution in [0, 0.1) is 17.3 Å². The van der Waals surface area contributed by atoms with Crippen molar-refractivity contribution < 1.29 is 24.2 Å². The van der Waals surface area contributed by atoms with Gasteiger partial charge in [-0.05, 0) is 57.8 Å². The molecule has 3 heterocycles. The lowest BCUT2D eigenvalue weighted by Gasteiger charge is -2.40. The fourth-order valence-electron chi connectivity index (χ4n) is 7.29. The van der Waals surface area contributed by atoms with E-state index in [1.165, 1.54) is 0 Å². The van der Waals surface area contributed by atoms with Crippen molar-refractivity contribution in [3.05, 3.63) is 0 Å². The molecule has 1 spiro atoms. The summed E-state index contributed by atoms with van der Waals surface area (Å²) in [6.45, 7) is 16.6. The molecule has 2 unspecified atom stereocenters.